The summed E-state index contributed by atoms with van der Waals surface area (Å²) >= 11 is 7.53. The monoisotopic (exact) mass is 345 g/mol. The van der Waals surface area contributed by atoms with Crippen molar-refractivity contribution in [1.82, 2.24) is 4.72 Å². The molecular formula is C14H16ClNO3S2. The maximum absolute atomic E-state index is 12.1. The molecule has 1 aromatic carbocycles. The summed E-state index contributed by atoms with van der Waals surface area (Å²) in [5, 5.41) is 4.32. The Morgan fingerprint density at radius 2 is 2.10 bits per heavy atom. The van der Waals surface area contributed by atoms with Crippen LogP contribution in [0.5, 0.6) is 0 Å². The molecule has 0 saturated carbocycles. The minimum atomic E-state index is -3.46. The van der Waals surface area contributed by atoms with Crippen LogP contribution in [0.1, 0.15) is 17.2 Å². The highest BCUT2D eigenvalue weighted by molar-refractivity contribution is 7.88. The molecular weight excluding hydrogens is 330 g/mol. The Labute approximate surface area is 133 Å². The number of halogens is 1. The second-order valence-electron chi connectivity index (χ2n) is 4.48. The van der Waals surface area contributed by atoms with Crippen LogP contribution in [-0.4, -0.2) is 22.1 Å². The third-order valence-corrected chi connectivity index (χ3v) is 5.36. The number of nitrogens with one attached hydrogen (secondary N) is 1. The zero-order valence-electron chi connectivity index (χ0n) is 11.5. The maximum Gasteiger partial charge on any atom is 0.215 e. The van der Waals surface area contributed by atoms with Crippen LogP contribution in [-0.2, 0) is 20.5 Å². The summed E-state index contributed by atoms with van der Waals surface area (Å²) in [7, 11) is -1.90. The molecule has 0 saturated heterocycles. The van der Waals surface area contributed by atoms with Gasteiger partial charge in [-0.1, -0.05) is 29.8 Å². The van der Waals surface area contributed by atoms with Crippen molar-refractivity contribution in [2.45, 2.75) is 11.9 Å². The number of methoxy groups -OCH3 is 1. The number of hydrogen-bond donors (Lipinski definition) is 1. The van der Waals surface area contributed by atoms with E-state index in [4.69, 9.17) is 16.3 Å². The van der Waals surface area contributed by atoms with Crippen LogP contribution in [0.25, 0.3) is 0 Å². The van der Waals surface area contributed by atoms with Crippen molar-refractivity contribution in [3.05, 3.63) is 57.2 Å². The van der Waals surface area contributed by atoms with Crippen molar-refractivity contribution in [1.29, 1.82) is 0 Å². The van der Waals surface area contributed by atoms with E-state index >= 15 is 0 Å². The molecule has 0 aliphatic heterocycles. The van der Waals surface area contributed by atoms with Gasteiger partial charge in [0, 0.05) is 18.7 Å². The van der Waals surface area contributed by atoms with Gasteiger partial charge in [0.1, 0.15) is 0 Å². The minimum absolute atomic E-state index is 0.146. The maximum atomic E-state index is 12.1. The van der Waals surface area contributed by atoms with Crippen molar-refractivity contribution in [3.8, 4) is 0 Å². The predicted octanol–water partition coefficient (Wildman–Crippen LogP) is 3.21. The Morgan fingerprint density at radius 1 is 1.33 bits per heavy atom. The topological polar surface area (TPSA) is 55.4 Å². The van der Waals surface area contributed by atoms with Gasteiger partial charge >= 0.3 is 0 Å². The lowest BCUT2D eigenvalue weighted by Crippen LogP contribution is -2.30. The summed E-state index contributed by atoms with van der Waals surface area (Å²) in [5.41, 5.74) is 1.54. The molecule has 1 N–H and O–H groups in total. The second-order valence-corrected chi connectivity index (χ2v) is 7.47. The first kappa shape index (κ1) is 16.5. The fourth-order valence-corrected chi connectivity index (χ4v) is 4.02. The first-order chi connectivity index (χ1) is 10.0. The lowest BCUT2D eigenvalue weighted by Gasteiger charge is -2.15. The summed E-state index contributed by atoms with van der Waals surface area (Å²) in [6.45, 7) is 0.194. The molecule has 21 heavy (non-hydrogen) atoms. The zero-order valence-corrected chi connectivity index (χ0v) is 13.8. The van der Waals surface area contributed by atoms with Crippen molar-refractivity contribution >= 4 is 33.0 Å². The molecule has 1 atom stereocenters. The van der Waals surface area contributed by atoms with Gasteiger partial charge in [-0.3, -0.25) is 0 Å². The molecule has 0 aliphatic carbocycles. The van der Waals surface area contributed by atoms with Crippen LogP contribution >= 0.6 is 22.9 Å². The van der Waals surface area contributed by atoms with Crippen LogP contribution in [0, 0.1) is 0 Å². The average Bonchev–Trinajstić information content (AvgIpc) is 2.96. The van der Waals surface area contributed by atoms with Crippen molar-refractivity contribution in [2.75, 3.05) is 13.7 Å². The molecule has 1 heterocycles. The zero-order chi connectivity index (χ0) is 15.3. The first-order valence-corrected chi connectivity index (χ1v) is 9.25. The van der Waals surface area contributed by atoms with Crippen LogP contribution in [0.15, 0.2) is 41.1 Å². The molecule has 4 nitrogen and oxygen atoms in total. The van der Waals surface area contributed by atoms with E-state index in [2.05, 4.69) is 4.72 Å². The SMILES string of the molecule is COC(CNS(=O)(=O)Cc1ccccc1Cl)c1ccsc1. The van der Waals surface area contributed by atoms with Gasteiger partial charge < -0.3 is 4.74 Å². The smallest absolute Gasteiger partial charge is 0.215 e. The van der Waals surface area contributed by atoms with Gasteiger partial charge in [0.2, 0.25) is 10.0 Å². The molecule has 0 bridgehead atoms. The number of sulfonamides is 1. The lowest BCUT2D eigenvalue weighted by atomic mass is 10.2. The van der Waals surface area contributed by atoms with Gasteiger partial charge in [0.25, 0.3) is 0 Å². The van der Waals surface area contributed by atoms with Crippen molar-refractivity contribution in [2.24, 2.45) is 0 Å². The van der Waals surface area contributed by atoms with Crippen LogP contribution in [0.4, 0.5) is 0 Å². The molecule has 0 amide bonds. The van der Waals surface area contributed by atoms with Gasteiger partial charge in [-0.2, -0.15) is 11.3 Å². The van der Waals surface area contributed by atoms with Crippen molar-refractivity contribution < 1.29 is 13.2 Å². The number of ether oxygens (including phenoxy) is 1. The van der Waals surface area contributed by atoms with Gasteiger partial charge in [-0.25, -0.2) is 13.1 Å². The van der Waals surface area contributed by atoms with Crippen molar-refractivity contribution in [3.63, 3.8) is 0 Å². The Kier molecular flexibility index (Phi) is 5.78. The quantitative estimate of drug-likeness (QED) is 0.838. The van der Waals surface area contributed by atoms with E-state index in [9.17, 15) is 8.42 Å². The van der Waals surface area contributed by atoms with E-state index in [1.54, 1.807) is 42.7 Å². The summed E-state index contributed by atoms with van der Waals surface area (Å²) in [4.78, 5) is 0. The van der Waals surface area contributed by atoms with E-state index in [-0.39, 0.29) is 18.4 Å². The third-order valence-electron chi connectivity index (χ3n) is 2.99. The van der Waals surface area contributed by atoms with Gasteiger partial charge in [0.05, 0.1) is 11.9 Å². The van der Waals surface area contributed by atoms with E-state index in [0.29, 0.717) is 10.6 Å². The molecule has 0 spiro atoms. The standard InChI is InChI=1S/C14H16ClNO3S2/c1-19-14(11-6-7-20-9-11)8-16-21(17,18)10-12-4-2-3-5-13(12)15/h2-7,9,14,16H,8,10H2,1H3. The normalized spacial score (nSPS) is 13.2. The molecule has 0 radical (unpaired) electrons. The number of hydrogen-bond acceptors (Lipinski definition) is 4. The molecule has 2 aromatic rings. The Bertz CT molecular complexity index is 671. The summed E-state index contributed by atoms with van der Waals surface area (Å²) in [6.07, 6.45) is -0.294. The number of benzene rings is 1. The fourth-order valence-electron chi connectivity index (χ4n) is 1.87. The molecule has 114 valence electrons. The molecule has 0 aliphatic rings. The van der Waals surface area contributed by atoms with Gasteiger partial charge in [-0.05, 0) is 34.0 Å². The van der Waals surface area contributed by atoms with E-state index in [1.165, 1.54) is 0 Å². The summed E-state index contributed by atoms with van der Waals surface area (Å²) in [6, 6.07) is 8.83. The van der Waals surface area contributed by atoms with Crippen LogP contribution < -0.4 is 4.72 Å². The van der Waals surface area contributed by atoms with Crippen LogP contribution in [0.3, 0.4) is 0 Å². The Morgan fingerprint density at radius 3 is 2.71 bits per heavy atom. The van der Waals surface area contributed by atoms with E-state index in [0.717, 1.165) is 5.56 Å². The minimum Gasteiger partial charge on any atom is -0.375 e. The fraction of sp³-hybridized carbons (Fsp3) is 0.286. The Balaban J connectivity index is 2.00. The summed E-state index contributed by atoms with van der Waals surface area (Å²) < 4.78 is 32.1. The van der Waals surface area contributed by atoms with Gasteiger partial charge in [-0.15, -0.1) is 0 Å². The van der Waals surface area contributed by atoms with E-state index in [1.807, 2.05) is 16.8 Å². The first-order valence-electron chi connectivity index (χ1n) is 6.27. The number of rotatable bonds is 7. The third kappa shape index (κ3) is 4.79. The molecule has 0 fully saturated rings. The highest BCUT2D eigenvalue weighted by Crippen LogP contribution is 2.20. The number of thiophene rings is 1. The second kappa shape index (κ2) is 7.38. The molecule has 1 unspecified atom stereocenters. The molecule has 1 aromatic heterocycles. The van der Waals surface area contributed by atoms with E-state index < -0.39 is 10.0 Å². The van der Waals surface area contributed by atoms with Gasteiger partial charge in [0.15, 0.2) is 0 Å². The molecule has 7 heteroatoms. The lowest BCUT2D eigenvalue weighted by molar-refractivity contribution is 0.107. The predicted molar refractivity (Wildman–Crippen MR) is 86.1 cm³/mol. The average molecular weight is 346 g/mol. The van der Waals surface area contributed by atoms with Crippen LogP contribution in [0.2, 0.25) is 5.02 Å². The molecule has 2 rings (SSSR count). The highest BCUT2D eigenvalue weighted by Gasteiger charge is 2.17. The Hall–Kier alpha value is -0.920. The highest BCUT2D eigenvalue weighted by atomic mass is 35.5. The largest absolute Gasteiger partial charge is 0.375 e. The summed E-state index contributed by atoms with van der Waals surface area (Å²) in [5.74, 6) is -0.146.